The Morgan fingerprint density at radius 3 is 1.97 bits per heavy atom. The predicted octanol–water partition coefficient (Wildman–Crippen LogP) is 3.54. The first-order chi connectivity index (χ1) is 14.1. The van der Waals surface area contributed by atoms with Gasteiger partial charge in [-0.3, -0.25) is 10.1 Å². The Morgan fingerprint density at radius 2 is 1.31 bits per heavy atom. The Balaban J connectivity index is 1.43. The van der Waals surface area contributed by atoms with E-state index in [1.807, 2.05) is 72.8 Å². The van der Waals surface area contributed by atoms with Gasteiger partial charge in [-0.25, -0.2) is 9.59 Å². The molecular weight excluding hydrogens is 368 g/mol. The van der Waals surface area contributed by atoms with Crippen molar-refractivity contribution in [3.8, 4) is 11.1 Å². The minimum Gasteiger partial charge on any atom is -0.452 e. The average molecular weight is 388 g/mol. The summed E-state index contributed by atoms with van der Waals surface area (Å²) in [6.07, 6.45) is 0. The number of rotatable bonds is 6. The van der Waals surface area contributed by atoms with E-state index in [-0.39, 0.29) is 6.54 Å². The number of hydrogen-bond donors (Lipinski definition) is 2. The first-order valence-corrected chi connectivity index (χ1v) is 9.06. The molecule has 3 rings (SSSR count). The Hall–Kier alpha value is -3.93. The molecule has 0 saturated carbocycles. The summed E-state index contributed by atoms with van der Waals surface area (Å²) in [5.74, 6) is -1.34. The zero-order chi connectivity index (χ0) is 20.5. The Labute approximate surface area is 168 Å². The van der Waals surface area contributed by atoms with Crippen molar-refractivity contribution < 1.29 is 19.1 Å². The number of esters is 1. The standard InChI is InChI=1S/C23H20N2O4/c26-21(25-23(28)24-15-17-7-3-1-4-8-17)16-29-22(27)20-13-11-19(12-14-20)18-9-5-2-6-10-18/h1-14H,15-16H2,(H2,24,25,26,28). The van der Waals surface area contributed by atoms with Crippen LogP contribution in [0.25, 0.3) is 11.1 Å². The molecule has 3 aromatic rings. The van der Waals surface area contributed by atoms with Crippen LogP contribution in [0.15, 0.2) is 84.9 Å². The van der Waals surface area contributed by atoms with Crippen molar-refractivity contribution >= 4 is 17.9 Å². The number of nitrogens with one attached hydrogen (secondary N) is 2. The summed E-state index contributed by atoms with van der Waals surface area (Å²) in [6.45, 7) is -0.258. The van der Waals surface area contributed by atoms with E-state index in [1.54, 1.807) is 12.1 Å². The van der Waals surface area contributed by atoms with Crippen molar-refractivity contribution in [1.29, 1.82) is 0 Å². The molecule has 0 fully saturated rings. The van der Waals surface area contributed by atoms with Gasteiger partial charge in [-0.15, -0.1) is 0 Å². The van der Waals surface area contributed by atoms with Crippen molar-refractivity contribution in [3.63, 3.8) is 0 Å². The number of amides is 3. The number of carbonyl (C=O) groups is 3. The lowest BCUT2D eigenvalue weighted by atomic mass is 10.0. The van der Waals surface area contributed by atoms with Crippen LogP contribution < -0.4 is 10.6 Å². The minimum absolute atomic E-state index is 0.285. The summed E-state index contributed by atoms with van der Waals surface area (Å²) < 4.78 is 4.97. The first-order valence-electron chi connectivity index (χ1n) is 9.06. The fourth-order valence-corrected chi connectivity index (χ4v) is 2.63. The highest BCUT2D eigenvalue weighted by molar-refractivity contribution is 5.97. The topological polar surface area (TPSA) is 84.5 Å². The van der Waals surface area contributed by atoms with E-state index < -0.39 is 24.5 Å². The molecule has 146 valence electrons. The highest BCUT2D eigenvalue weighted by atomic mass is 16.5. The summed E-state index contributed by atoms with van der Waals surface area (Å²) in [4.78, 5) is 35.6. The van der Waals surface area contributed by atoms with E-state index in [0.717, 1.165) is 16.7 Å². The van der Waals surface area contributed by atoms with E-state index in [4.69, 9.17) is 4.74 Å². The van der Waals surface area contributed by atoms with Gasteiger partial charge >= 0.3 is 12.0 Å². The molecule has 29 heavy (non-hydrogen) atoms. The molecule has 0 saturated heterocycles. The van der Waals surface area contributed by atoms with Crippen LogP contribution in [0.4, 0.5) is 4.79 Å². The normalized spacial score (nSPS) is 10.1. The third-order valence-electron chi connectivity index (χ3n) is 4.11. The second-order valence-electron chi connectivity index (χ2n) is 6.24. The summed E-state index contributed by atoms with van der Waals surface area (Å²) in [6, 6.07) is 25.3. The van der Waals surface area contributed by atoms with Crippen LogP contribution in [0.2, 0.25) is 0 Å². The van der Waals surface area contributed by atoms with Crippen LogP contribution >= 0.6 is 0 Å². The molecule has 6 heteroatoms. The number of urea groups is 1. The molecule has 0 aromatic heterocycles. The largest absolute Gasteiger partial charge is 0.452 e. The molecule has 0 heterocycles. The molecule has 0 spiro atoms. The molecule has 6 nitrogen and oxygen atoms in total. The van der Waals surface area contributed by atoms with E-state index in [2.05, 4.69) is 10.6 Å². The van der Waals surface area contributed by atoms with Crippen molar-refractivity contribution in [2.24, 2.45) is 0 Å². The Kier molecular flexibility index (Phi) is 6.73. The van der Waals surface area contributed by atoms with Gasteiger partial charge in [-0.2, -0.15) is 0 Å². The van der Waals surface area contributed by atoms with Crippen LogP contribution in [-0.2, 0) is 16.1 Å². The van der Waals surface area contributed by atoms with Crippen molar-refractivity contribution in [2.75, 3.05) is 6.61 Å². The molecule has 0 aliphatic heterocycles. The second-order valence-corrected chi connectivity index (χ2v) is 6.24. The summed E-state index contributed by atoms with van der Waals surface area (Å²) in [7, 11) is 0. The zero-order valence-corrected chi connectivity index (χ0v) is 15.6. The van der Waals surface area contributed by atoms with Crippen LogP contribution in [0.5, 0.6) is 0 Å². The number of benzene rings is 3. The van der Waals surface area contributed by atoms with E-state index in [1.165, 1.54) is 0 Å². The molecular formula is C23H20N2O4. The monoisotopic (exact) mass is 388 g/mol. The van der Waals surface area contributed by atoms with Gasteiger partial charge in [0.05, 0.1) is 5.56 Å². The van der Waals surface area contributed by atoms with Gasteiger partial charge < -0.3 is 10.1 Å². The highest BCUT2D eigenvalue weighted by Crippen LogP contribution is 2.19. The molecule has 3 aromatic carbocycles. The molecule has 0 unspecified atom stereocenters. The predicted molar refractivity (Wildman–Crippen MR) is 109 cm³/mol. The van der Waals surface area contributed by atoms with Crippen LogP contribution in [-0.4, -0.2) is 24.5 Å². The van der Waals surface area contributed by atoms with Gasteiger partial charge in [0.2, 0.25) is 0 Å². The first kappa shape index (κ1) is 19.8. The lowest BCUT2D eigenvalue weighted by Crippen LogP contribution is -2.41. The number of imide groups is 1. The van der Waals surface area contributed by atoms with E-state index >= 15 is 0 Å². The van der Waals surface area contributed by atoms with E-state index in [9.17, 15) is 14.4 Å². The minimum atomic E-state index is -0.704. The van der Waals surface area contributed by atoms with Crippen molar-refractivity contribution in [2.45, 2.75) is 6.54 Å². The zero-order valence-electron chi connectivity index (χ0n) is 15.6. The quantitative estimate of drug-likeness (QED) is 0.633. The maximum absolute atomic E-state index is 12.1. The lowest BCUT2D eigenvalue weighted by molar-refractivity contribution is -0.123. The molecule has 0 radical (unpaired) electrons. The molecule has 0 bridgehead atoms. The molecule has 0 aliphatic carbocycles. The Morgan fingerprint density at radius 1 is 0.724 bits per heavy atom. The van der Waals surface area contributed by atoms with Gasteiger partial charge in [-0.1, -0.05) is 72.8 Å². The Bertz CT molecular complexity index is 971. The molecule has 2 N–H and O–H groups in total. The highest BCUT2D eigenvalue weighted by Gasteiger charge is 2.12. The molecule has 0 atom stereocenters. The smallest absolute Gasteiger partial charge is 0.338 e. The fourth-order valence-electron chi connectivity index (χ4n) is 2.63. The van der Waals surface area contributed by atoms with Crippen LogP contribution in [0.1, 0.15) is 15.9 Å². The number of carbonyl (C=O) groups excluding carboxylic acids is 3. The van der Waals surface area contributed by atoms with Gasteiger partial charge in [0.1, 0.15) is 0 Å². The number of hydrogen-bond acceptors (Lipinski definition) is 4. The molecule has 0 aliphatic rings. The number of ether oxygens (including phenoxy) is 1. The summed E-state index contributed by atoms with van der Waals surface area (Å²) in [5.41, 5.74) is 3.23. The SMILES string of the molecule is O=C(COC(=O)c1ccc(-c2ccccc2)cc1)NC(=O)NCc1ccccc1. The summed E-state index contributed by atoms with van der Waals surface area (Å²) >= 11 is 0. The molecule has 3 amide bonds. The third-order valence-corrected chi connectivity index (χ3v) is 4.11. The summed E-state index contributed by atoms with van der Waals surface area (Å²) in [5, 5.41) is 4.68. The van der Waals surface area contributed by atoms with Gasteiger partial charge in [0.15, 0.2) is 6.61 Å². The van der Waals surface area contributed by atoms with Gasteiger partial charge in [0.25, 0.3) is 5.91 Å². The van der Waals surface area contributed by atoms with Crippen LogP contribution in [0.3, 0.4) is 0 Å². The third kappa shape index (κ3) is 6.04. The average Bonchev–Trinajstić information content (AvgIpc) is 2.77. The maximum atomic E-state index is 12.1. The van der Waals surface area contributed by atoms with Crippen LogP contribution in [0, 0.1) is 0 Å². The van der Waals surface area contributed by atoms with Gasteiger partial charge in [0, 0.05) is 6.54 Å². The fraction of sp³-hybridized carbons (Fsp3) is 0.0870. The van der Waals surface area contributed by atoms with E-state index in [0.29, 0.717) is 5.56 Å². The van der Waals surface area contributed by atoms with Crippen molar-refractivity contribution in [3.05, 3.63) is 96.1 Å². The van der Waals surface area contributed by atoms with Crippen molar-refractivity contribution in [1.82, 2.24) is 10.6 Å². The van der Waals surface area contributed by atoms with Gasteiger partial charge in [-0.05, 0) is 28.8 Å². The lowest BCUT2D eigenvalue weighted by Gasteiger charge is -2.08. The second kappa shape index (κ2) is 9.85. The maximum Gasteiger partial charge on any atom is 0.338 e.